The van der Waals surface area contributed by atoms with Crippen LogP contribution in [0.3, 0.4) is 0 Å². The number of nitrogens with one attached hydrogen (secondary N) is 1. The third-order valence-electron chi connectivity index (χ3n) is 3.90. The number of ether oxygens (including phenoxy) is 1. The van der Waals surface area contributed by atoms with E-state index in [-0.39, 0.29) is 18.9 Å². The van der Waals surface area contributed by atoms with E-state index in [2.05, 4.69) is 5.32 Å². The van der Waals surface area contributed by atoms with E-state index in [4.69, 9.17) is 9.15 Å². The fraction of sp³-hybridized carbons (Fsp3) is 0.211. The second-order valence-electron chi connectivity index (χ2n) is 5.67. The third kappa shape index (κ3) is 3.26. The quantitative estimate of drug-likeness (QED) is 0.754. The number of benzene rings is 2. The van der Waals surface area contributed by atoms with Crippen LogP contribution in [0.1, 0.15) is 16.7 Å². The molecular weight excluding hydrogens is 306 g/mol. The topological polar surface area (TPSA) is 71.7 Å². The molecular formula is C19H19NO4. The van der Waals surface area contributed by atoms with Crippen molar-refractivity contribution < 1.29 is 19.1 Å². The number of carbonyl (C=O) groups excluding carboxylic acids is 1. The van der Waals surface area contributed by atoms with Crippen molar-refractivity contribution in [3.8, 4) is 5.75 Å². The summed E-state index contributed by atoms with van der Waals surface area (Å²) in [6.07, 6.45) is 1.84. The van der Waals surface area contributed by atoms with Crippen molar-refractivity contribution in [1.29, 1.82) is 0 Å². The Balaban J connectivity index is 1.75. The number of aliphatic hydroxyl groups is 1. The Hall–Kier alpha value is -2.79. The van der Waals surface area contributed by atoms with Crippen LogP contribution >= 0.6 is 0 Å². The Bertz CT molecular complexity index is 882. The normalized spacial score (nSPS) is 10.8. The van der Waals surface area contributed by atoms with Gasteiger partial charge in [-0.15, -0.1) is 0 Å². The maximum absolute atomic E-state index is 12.3. The number of amides is 1. The lowest BCUT2D eigenvalue weighted by atomic mass is 10.1. The highest BCUT2D eigenvalue weighted by molar-refractivity contribution is 5.95. The van der Waals surface area contributed by atoms with Gasteiger partial charge in [0.25, 0.3) is 0 Å². The summed E-state index contributed by atoms with van der Waals surface area (Å²) in [5.41, 5.74) is 3.99. The van der Waals surface area contributed by atoms with Crippen LogP contribution in [0, 0.1) is 6.92 Å². The van der Waals surface area contributed by atoms with Gasteiger partial charge in [0.05, 0.1) is 26.4 Å². The summed E-state index contributed by atoms with van der Waals surface area (Å²) in [4.78, 5) is 12.3. The van der Waals surface area contributed by atoms with Crippen molar-refractivity contribution in [3.63, 3.8) is 0 Å². The lowest BCUT2D eigenvalue weighted by Crippen LogP contribution is -2.14. The van der Waals surface area contributed by atoms with E-state index in [9.17, 15) is 9.90 Å². The summed E-state index contributed by atoms with van der Waals surface area (Å²) >= 11 is 0. The number of methoxy groups -OCH3 is 1. The molecule has 3 rings (SSSR count). The molecule has 0 unspecified atom stereocenters. The summed E-state index contributed by atoms with van der Waals surface area (Å²) in [6, 6.07) is 11.1. The zero-order chi connectivity index (χ0) is 17.1. The fourth-order valence-corrected chi connectivity index (χ4v) is 2.69. The summed E-state index contributed by atoms with van der Waals surface area (Å²) in [5.74, 6) is 0.444. The van der Waals surface area contributed by atoms with Crippen LogP contribution in [0.4, 0.5) is 5.69 Å². The smallest absolute Gasteiger partial charge is 0.228 e. The van der Waals surface area contributed by atoms with Crippen molar-refractivity contribution in [2.45, 2.75) is 20.0 Å². The van der Waals surface area contributed by atoms with Crippen molar-refractivity contribution in [2.24, 2.45) is 0 Å². The number of aryl methyl sites for hydroxylation is 1. The minimum absolute atomic E-state index is 0.146. The van der Waals surface area contributed by atoms with Crippen LogP contribution in [0.5, 0.6) is 5.75 Å². The predicted octanol–water partition coefficient (Wildman–Crippen LogP) is 3.42. The van der Waals surface area contributed by atoms with Crippen molar-refractivity contribution in [2.75, 3.05) is 12.4 Å². The molecule has 0 atom stereocenters. The molecule has 3 aromatic rings. The number of fused-ring (bicyclic) bond motifs is 1. The first-order valence-corrected chi connectivity index (χ1v) is 7.65. The minimum Gasteiger partial charge on any atom is -0.496 e. The third-order valence-corrected chi connectivity index (χ3v) is 3.90. The Morgan fingerprint density at radius 1 is 1.21 bits per heavy atom. The first-order valence-electron chi connectivity index (χ1n) is 7.65. The predicted molar refractivity (Wildman–Crippen MR) is 92.2 cm³/mol. The van der Waals surface area contributed by atoms with Crippen LogP contribution in [-0.4, -0.2) is 18.1 Å². The monoisotopic (exact) mass is 325 g/mol. The number of anilines is 1. The van der Waals surface area contributed by atoms with Gasteiger partial charge >= 0.3 is 0 Å². The van der Waals surface area contributed by atoms with Gasteiger partial charge in [0.2, 0.25) is 5.91 Å². The first-order chi connectivity index (χ1) is 11.6. The molecule has 2 aromatic carbocycles. The van der Waals surface area contributed by atoms with Gasteiger partial charge in [-0.2, -0.15) is 0 Å². The van der Waals surface area contributed by atoms with Gasteiger partial charge in [-0.25, -0.2) is 0 Å². The number of aliphatic hydroxyl groups excluding tert-OH is 1. The van der Waals surface area contributed by atoms with Crippen LogP contribution in [-0.2, 0) is 17.8 Å². The molecule has 0 fully saturated rings. The summed E-state index contributed by atoms with van der Waals surface area (Å²) in [5, 5.41) is 13.1. The van der Waals surface area contributed by atoms with Crippen molar-refractivity contribution >= 4 is 22.6 Å². The molecule has 0 spiro atoms. The molecule has 1 aromatic heterocycles. The second kappa shape index (κ2) is 6.76. The zero-order valence-corrected chi connectivity index (χ0v) is 13.6. The highest BCUT2D eigenvalue weighted by Crippen LogP contribution is 2.25. The van der Waals surface area contributed by atoms with Gasteiger partial charge in [0, 0.05) is 22.2 Å². The molecule has 0 aliphatic rings. The molecule has 2 N–H and O–H groups in total. The SMILES string of the molecule is COc1ccc(NC(=O)Cc2coc3cc(C)ccc23)cc1CO. The Morgan fingerprint density at radius 2 is 2.04 bits per heavy atom. The maximum Gasteiger partial charge on any atom is 0.228 e. The number of hydrogen-bond acceptors (Lipinski definition) is 4. The van der Waals surface area contributed by atoms with E-state index >= 15 is 0 Å². The Labute approximate surface area is 139 Å². The molecule has 124 valence electrons. The van der Waals surface area contributed by atoms with Gasteiger partial charge in [-0.1, -0.05) is 12.1 Å². The van der Waals surface area contributed by atoms with Crippen LogP contribution in [0.2, 0.25) is 0 Å². The highest BCUT2D eigenvalue weighted by Gasteiger charge is 2.12. The Kier molecular flexibility index (Phi) is 4.53. The van der Waals surface area contributed by atoms with Gasteiger partial charge < -0.3 is 19.6 Å². The van der Waals surface area contributed by atoms with E-state index in [1.807, 2.05) is 25.1 Å². The standard InChI is InChI=1S/C19H19NO4/c1-12-3-5-16-14(11-24-18(16)7-12)9-19(22)20-15-4-6-17(23-2)13(8-15)10-21/h3-8,11,21H,9-10H2,1-2H3,(H,20,22). The number of rotatable bonds is 5. The molecule has 1 heterocycles. The molecule has 0 saturated heterocycles. The molecule has 5 heteroatoms. The van der Waals surface area contributed by atoms with Gasteiger partial charge in [0.1, 0.15) is 11.3 Å². The van der Waals surface area contributed by atoms with E-state index in [0.29, 0.717) is 17.0 Å². The Morgan fingerprint density at radius 3 is 2.79 bits per heavy atom. The van der Waals surface area contributed by atoms with E-state index in [0.717, 1.165) is 22.1 Å². The van der Waals surface area contributed by atoms with Crippen LogP contribution in [0.25, 0.3) is 11.0 Å². The number of furan rings is 1. The molecule has 1 amide bonds. The summed E-state index contributed by atoms with van der Waals surface area (Å²) in [7, 11) is 1.54. The lowest BCUT2D eigenvalue weighted by molar-refractivity contribution is -0.115. The van der Waals surface area contributed by atoms with Crippen molar-refractivity contribution in [1.82, 2.24) is 0 Å². The van der Waals surface area contributed by atoms with Gasteiger partial charge in [-0.05, 0) is 36.8 Å². The van der Waals surface area contributed by atoms with E-state index in [1.54, 1.807) is 31.6 Å². The van der Waals surface area contributed by atoms with Gasteiger partial charge in [0.15, 0.2) is 0 Å². The number of hydrogen-bond donors (Lipinski definition) is 2. The van der Waals surface area contributed by atoms with Crippen LogP contribution in [0.15, 0.2) is 47.1 Å². The molecule has 0 aliphatic carbocycles. The molecule has 0 saturated carbocycles. The average molecular weight is 325 g/mol. The molecule has 0 bridgehead atoms. The first kappa shape index (κ1) is 16.1. The summed E-state index contributed by atoms with van der Waals surface area (Å²) < 4.78 is 10.7. The molecule has 0 aliphatic heterocycles. The fourth-order valence-electron chi connectivity index (χ4n) is 2.69. The van der Waals surface area contributed by atoms with E-state index in [1.165, 1.54) is 0 Å². The summed E-state index contributed by atoms with van der Waals surface area (Å²) in [6.45, 7) is 1.84. The van der Waals surface area contributed by atoms with E-state index < -0.39 is 0 Å². The minimum atomic E-state index is -0.154. The second-order valence-corrected chi connectivity index (χ2v) is 5.67. The largest absolute Gasteiger partial charge is 0.496 e. The highest BCUT2D eigenvalue weighted by atomic mass is 16.5. The zero-order valence-electron chi connectivity index (χ0n) is 13.6. The molecule has 0 radical (unpaired) electrons. The van der Waals surface area contributed by atoms with Crippen LogP contribution < -0.4 is 10.1 Å². The molecule has 5 nitrogen and oxygen atoms in total. The average Bonchev–Trinajstić information content (AvgIpc) is 2.96. The van der Waals surface area contributed by atoms with Crippen molar-refractivity contribution in [3.05, 3.63) is 59.4 Å². The number of carbonyl (C=O) groups is 1. The lowest BCUT2D eigenvalue weighted by Gasteiger charge is -2.10. The van der Waals surface area contributed by atoms with Gasteiger partial charge in [-0.3, -0.25) is 4.79 Å². The maximum atomic E-state index is 12.3. The molecule has 24 heavy (non-hydrogen) atoms.